The maximum Gasteiger partial charge on any atom is 0.340 e. The van der Waals surface area contributed by atoms with Crippen LogP contribution in [0.1, 0.15) is 44.6 Å². The van der Waals surface area contributed by atoms with Gasteiger partial charge in [-0.05, 0) is 38.5 Å². The number of amides is 1. The van der Waals surface area contributed by atoms with E-state index >= 15 is 0 Å². The Morgan fingerprint density at radius 1 is 1.33 bits per heavy atom. The summed E-state index contributed by atoms with van der Waals surface area (Å²) < 4.78 is 18.5. The molecule has 2 N–H and O–H groups in total. The fourth-order valence-corrected chi connectivity index (χ4v) is 2.27. The van der Waals surface area contributed by atoms with Gasteiger partial charge in [-0.3, -0.25) is 4.79 Å². The number of esters is 1. The van der Waals surface area contributed by atoms with Crippen molar-refractivity contribution in [2.45, 2.75) is 20.8 Å². The van der Waals surface area contributed by atoms with E-state index in [4.69, 9.17) is 4.74 Å². The van der Waals surface area contributed by atoms with Gasteiger partial charge in [0.15, 0.2) is 0 Å². The Morgan fingerprint density at radius 3 is 2.71 bits per heavy atom. The Kier molecular flexibility index (Phi) is 5.47. The standard InChI is InChI=1S/C17H18FN3O3/c1-4-24-17(23)15-10(2)14(20-11(15)3)9-19-21-16(22)12-7-5-6-8-13(12)18/h5-9,20H,4H2,1-3H3,(H,21,22)/b19-9+. The fraction of sp³-hybridized carbons (Fsp3) is 0.235. The van der Waals surface area contributed by atoms with E-state index in [1.807, 2.05) is 0 Å². The molecule has 0 aliphatic rings. The molecule has 1 aromatic heterocycles. The van der Waals surface area contributed by atoms with Gasteiger partial charge in [-0.2, -0.15) is 5.10 Å². The number of H-pyrrole nitrogens is 1. The van der Waals surface area contributed by atoms with Gasteiger partial charge in [0.05, 0.1) is 29.6 Å². The van der Waals surface area contributed by atoms with Crippen LogP contribution in [0.3, 0.4) is 0 Å². The number of benzene rings is 1. The number of halogens is 1. The number of aromatic nitrogens is 1. The van der Waals surface area contributed by atoms with Crippen LogP contribution >= 0.6 is 0 Å². The molecule has 0 aliphatic heterocycles. The van der Waals surface area contributed by atoms with Gasteiger partial charge in [0.1, 0.15) is 5.82 Å². The molecular weight excluding hydrogens is 313 g/mol. The molecule has 1 aromatic carbocycles. The van der Waals surface area contributed by atoms with Crippen molar-refractivity contribution in [3.8, 4) is 0 Å². The first-order valence-electron chi connectivity index (χ1n) is 7.39. The summed E-state index contributed by atoms with van der Waals surface area (Å²) in [4.78, 5) is 26.8. The summed E-state index contributed by atoms with van der Waals surface area (Å²) in [6.07, 6.45) is 1.36. The maximum atomic E-state index is 13.5. The van der Waals surface area contributed by atoms with E-state index in [-0.39, 0.29) is 12.2 Å². The van der Waals surface area contributed by atoms with Crippen molar-refractivity contribution < 1.29 is 18.7 Å². The number of carbonyl (C=O) groups is 2. The molecule has 0 saturated heterocycles. The summed E-state index contributed by atoms with van der Waals surface area (Å²) >= 11 is 0. The lowest BCUT2D eigenvalue weighted by atomic mass is 10.1. The van der Waals surface area contributed by atoms with Crippen LogP contribution in [0.25, 0.3) is 0 Å². The number of hydrogen-bond donors (Lipinski definition) is 2. The molecule has 0 aliphatic carbocycles. The van der Waals surface area contributed by atoms with Crippen molar-refractivity contribution in [1.82, 2.24) is 10.4 Å². The van der Waals surface area contributed by atoms with Crippen LogP contribution in [-0.4, -0.2) is 29.7 Å². The van der Waals surface area contributed by atoms with E-state index in [0.29, 0.717) is 22.5 Å². The molecule has 0 saturated carbocycles. The molecule has 2 rings (SSSR count). The third-order valence-corrected chi connectivity index (χ3v) is 3.43. The molecule has 1 amide bonds. The van der Waals surface area contributed by atoms with Gasteiger partial charge in [0.2, 0.25) is 0 Å². The normalized spacial score (nSPS) is 10.8. The predicted octanol–water partition coefficient (Wildman–Crippen LogP) is 2.71. The number of aryl methyl sites for hydroxylation is 1. The van der Waals surface area contributed by atoms with Gasteiger partial charge in [0.25, 0.3) is 5.91 Å². The lowest BCUT2D eigenvalue weighted by molar-refractivity contribution is 0.0524. The zero-order chi connectivity index (χ0) is 17.7. The lowest BCUT2D eigenvalue weighted by Crippen LogP contribution is -2.19. The Balaban J connectivity index is 2.13. The number of ether oxygens (including phenoxy) is 1. The molecule has 0 radical (unpaired) electrons. The summed E-state index contributed by atoms with van der Waals surface area (Å²) in [5.74, 6) is -1.70. The van der Waals surface area contributed by atoms with E-state index in [1.165, 1.54) is 24.4 Å². The van der Waals surface area contributed by atoms with Crippen LogP contribution < -0.4 is 5.43 Å². The van der Waals surface area contributed by atoms with Crippen molar-refractivity contribution >= 4 is 18.1 Å². The molecule has 6 nitrogen and oxygen atoms in total. The molecule has 0 unspecified atom stereocenters. The highest BCUT2D eigenvalue weighted by Crippen LogP contribution is 2.17. The van der Waals surface area contributed by atoms with Crippen molar-refractivity contribution in [1.29, 1.82) is 0 Å². The van der Waals surface area contributed by atoms with Gasteiger partial charge in [-0.25, -0.2) is 14.6 Å². The average Bonchev–Trinajstić information content (AvgIpc) is 2.82. The Hall–Kier alpha value is -2.96. The molecule has 126 valence electrons. The third-order valence-electron chi connectivity index (χ3n) is 3.43. The van der Waals surface area contributed by atoms with Gasteiger partial charge in [0, 0.05) is 5.69 Å². The molecular formula is C17H18FN3O3. The Morgan fingerprint density at radius 2 is 2.04 bits per heavy atom. The highest BCUT2D eigenvalue weighted by Gasteiger charge is 2.18. The SMILES string of the molecule is CCOC(=O)c1c(C)[nH]c(/C=N/NC(=O)c2ccccc2F)c1C. The average molecular weight is 331 g/mol. The first-order valence-corrected chi connectivity index (χ1v) is 7.39. The fourth-order valence-electron chi connectivity index (χ4n) is 2.27. The largest absolute Gasteiger partial charge is 0.462 e. The first-order chi connectivity index (χ1) is 11.5. The van der Waals surface area contributed by atoms with E-state index < -0.39 is 17.7 Å². The first kappa shape index (κ1) is 17.4. The van der Waals surface area contributed by atoms with Crippen LogP contribution in [-0.2, 0) is 4.74 Å². The monoisotopic (exact) mass is 331 g/mol. The van der Waals surface area contributed by atoms with Gasteiger partial charge >= 0.3 is 5.97 Å². The van der Waals surface area contributed by atoms with Gasteiger partial charge < -0.3 is 9.72 Å². The molecule has 1 heterocycles. The molecule has 0 spiro atoms. The van der Waals surface area contributed by atoms with Crippen LogP contribution in [0.2, 0.25) is 0 Å². The van der Waals surface area contributed by atoms with Crippen LogP contribution in [0.5, 0.6) is 0 Å². The summed E-state index contributed by atoms with van der Waals surface area (Å²) in [5.41, 5.74) is 4.47. The van der Waals surface area contributed by atoms with E-state index in [0.717, 1.165) is 0 Å². The second-order valence-corrected chi connectivity index (χ2v) is 5.06. The van der Waals surface area contributed by atoms with Crippen LogP contribution in [0, 0.1) is 19.7 Å². The molecule has 7 heteroatoms. The number of rotatable bonds is 5. The Bertz CT molecular complexity index is 796. The molecule has 0 fully saturated rings. The number of hydrogen-bond acceptors (Lipinski definition) is 4. The third kappa shape index (κ3) is 3.68. The van der Waals surface area contributed by atoms with Gasteiger partial charge in [-0.15, -0.1) is 0 Å². The highest BCUT2D eigenvalue weighted by atomic mass is 19.1. The van der Waals surface area contributed by atoms with E-state index in [1.54, 1.807) is 26.8 Å². The maximum absolute atomic E-state index is 13.5. The predicted molar refractivity (Wildman–Crippen MR) is 87.7 cm³/mol. The zero-order valence-electron chi connectivity index (χ0n) is 13.6. The van der Waals surface area contributed by atoms with Gasteiger partial charge in [-0.1, -0.05) is 12.1 Å². The van der Waals surface area contributed by atoms with Crippen LogP contribution in [0.4, 0.5) is 4.39 Å². The minimum atomic E-state index is -0.657. The highest BCUT2D eigenvalue weighted by molar-refractivity contribution is 5.97. The summed E-state index contributed by atoms with van der Waals surface area (Å²) in [7, 11) is 0. The minimum Gasteiger partial charge on any atom is -0.462 e. The van der Waals surface area contributed by atoms with E-state index in [2.05, 4.69) is 15.5 Å². The summed E-state index contributed by atoms with van der Waals surface area (Å²) in [5, 5.41) is 3.81. The zero-order valence-corrected chi connectivity index (χ0v) is 13.6. The number of hydrazone groups is 1. The number of aromatic amines is 1. The van der Waals surface area contributed by atoms with Crippen molar-refractivity contribution in [3.63, 3.8) is 0 Å². The van der Waals surface area contributed by atoms with Crippen molar-refractivity contribution in [2.24, 2.45) is 5.10 Å². The summed E-state index contributed by atoms with van der Waals surface area (Å²) in [6.45, 7) is 5.51. The van der Waals surface area contributed by atoms with E-state index in [9.17, 15) is 14.0 Å². The Labute approximate surface area is 138 Å². The number of carbonyl (C=O) groups excluding carboxylic acids is 2. The number of nitrogens with zero attached hydrogens (tertiary/aromatic N) is 1. The second-order valence-electron chi connectivity index (χ2n) is 5.06. The lowest BCUT2D eigenvalue weighted by Gasteiger charge is -2.02. The molecule has 24 heavy (non-hydrogen) atoms. The molecule has 2 aromatic rings. The quantitative estimate of drug-likeness (QED) is 0.502. The van der Waals surface area contributed by atoms with Crippen molar-refractivity contribution in [3.05, 3.63) is 58.2 Å². The second kappa shape index (κ2) is 7.54. The number of nitrogens with one attached hydrogen (secondary N) is 2. The smallest absolute Gasteiger partial charge is 0.340 e. The molecule has 0 bridgehead atoms. The minimum absolute atomic E-state index is 0.0961. The topological polar surface area (TPSA) is 83.6 Å². The summed E-state index contributed by atoms with van der Waals surface area (Å²) in [6, 6.07) is 5.62. The molecule has 0 atom stereocenters. The van der Waals surface area contributed by atoms with Crippen molar-refractivity contribution in [2.75, 3.05) is 6.61 Å². The van der Waals surface area contributed by atoms with Crippen LogP contribution in [0.15, 0.2) is 29.4 Å².